The van der Waals surface area contributed by atoms with Crippen LogP contribution >= 0.6 is 0 Å². The number of piperidine rings is 1. The SMILES string of the molecule is CNc1nc(C)cc(N[C@@H]2CCCN(C3Cc4ccccc4C3)C2)n1. The van der Waals surface area contributed by atoms with Crippen molar-refractivity contribution in [3.63, 3.8) is 0 Å². The Labute approximate surface area is 149 Å². The van der Waals surface area contributed by atoms with Gasteiger partial charge in [0.2, 0.25) is 5.95 Å². The van der Waals surface area contributed by atoms with E-state index < -0.39 is 0 Å². The van der Waals surface area contributed by atoms with Gasteiger partial charge in [-0.3, -0.25) is 4.90 Å². The smallest absolute Gasteiger partial charge is 0.224 e. The van der Waals surface area contributed by atoms with E-state index in [1.54, 1.807) is 0 Å². The Bertz CT molecular complexity index is 720. The normalized spacial score (nSPS) is 21.1. The van der Waals surface area contributed by atoms with Crippen molar-refractivity contribution in [1.82, 2.24) is 14.9 Å². The molecule has 1 aromatic heterocycles. The maximum absolute atomic E-state index is 4.55. The molecule has 1 fully saturated rings. The Morgan fingerprint density at radius 1 is 1.12 bits per heavy atom. The molecule has 1 saturated heterocycles. The lowest BCUT2D eigenvalue weighted by molar-refractivity contribution is 0.158. The van der Waals surface area contributed by atoms with Crippen LogP contribution in [0.5, 0.6) is 0 Å². The summed E-state index contributed by atoms with van der Waals surface area (Å²) in [6.45, 7) is 4.31. The molecule has 0 radical (unpaired) electrons. The van der Waals surface area contributed by atoms with Gasteiger partial charge in [0.15, 0.2) is 0 Å². The first kappa shape index (κ1) is 16.3. The Balaban J connectivity index is 1.41. The Kier molecular flexibility index (Phi) is 4.57. The predicted octanol–water partition coefficient (Wildman–Crippen LogP) is 2.87. The molecule has 1 aromatic carbocycles. The summed E-state index contributed by atoms with van der Waals surface area (Å²) in [4.78, 5) is 11.6. The van der Waals surface area contributed by atoms with Crippen molar-refractivity contribution in [3.8, 4) is 0 Å². The van der Waals surface area contributed by atoms with Crippen molar-refractivity contribution < 1.29 is 0 Å². The van der Waals surface area contributed by atoms with Crippen LogP contribution < -0.4 is 10.6 Å². The number of rotatable bonds is 4. The molecule has 5 nitrogen and oxygen atoms in total. The summed E-state index contributed by atoms with van der Waals surface area (Å²) in [6.07, 6.45) is 4.83. The minimum Gasteiger partial charge on any atom is -0.366 e. The number of aromatic nitrogens is 2. The van der Waals surface area contributed by atoms with Gasteiger partial charge in [0.25, 0.3) is 0 Å². The third-order valence-electron chi connectivity index (χ3n) is 5.43. The molecule has 0 spiro atoms. The van der Waals surface area contributed by atoms with Gasteiger partial charge in [-0.2, -0.15) is 4.98 Å². The van der Waals surface area contributed by atoms with E-state index in [0.29, 0.717) is 18.0 Å². The lowest BCUT2D eigenvalue weighted by Crippen LogP contribution is -2.47. The van der Waals surface area contributed by atoms with Gasteiger partial charge in [-0.05, 0) is 50.3 Å². The van der Waals surface area contributed by atoms with E-state index in [1.165, 1.54) is 43.4 Å². The lowest BCUT2D eigenvalue weighted by atomic mass is 10.0. The zero-order valence-electron chi connectivity index (χ0n) is 15.1. The second-order valence-corrected chi connectivity index (χ2v) is 7.28. The molecule has 0 unspecified atom stereocenters. The predicted molar refractivity (Wildman–Crippen MR) is 102 cm³/mol. The highest BCUT2D eigenvalue weighted by Crippen LogP contribution is 2.28. The number of hydrogen-bond acceptors (Lipinski definition) is 5. The lowest BCUT2D eigenvalue weighted by Gasteiger charge is -2.37. The van der Waals surface area contributed by atoms with E-state index in [1.807, 2.05) is 20.0 Å². The van der Waals surface area contributed by atoms with Gasteiger partial charge in [-0.1, -0.05) is 24.3 Å². The van der Waals surface area contributed by atoms with E-state index in [-0.39, 0.29) is 0 Å². The Morgan fingerprint density at radius 2 is 1.88 bits per heavy atom. The van der Waals surface area contributed by atoms with Crippen molar-refractivity contribution in [1.29, 1.82) is 0 Å². The first-order valence-corrected chi connectivity index (χ1v) is 9.32. The second kappa shape index (κ2) is 7.00. The molecule has 1 atom stereocenters. The van der Waals surface area contributed by atoms with Gasteiger partial charge in [0.05, 0.1) is 0 Å². The highest BCUT2D eigenvalue weighted by Gasteiger charge is 2.30. The number of likely N-dealkylation sites (tertiary alicyclic amines) is 1. The van der Waals surface area contributed by atoms with Gasteiger partial charge in [-0.15, -0.1) is 0 Å². The van der Waals surface area contributed by atoms with Crippen LogP contribution in [0.3, 0.4) is 0 Å². The zero-order valence-corrected chi connectivity index (χ0v) is 15.1. The van der Waals surface area contributed by atoms with E-state index >= 15 is 0 Å². The van der Waals surface area contributed by atoms with Crippen LogP contribution in [0, 0.1) is 6.92 Å². The minimum atomic E-state index is 0.455. The van der Waals surface area contributed by atoms with Crippen LogP contribution in [-0.2, 0) is 12.8 Å². The van der Waals surface area contributed by atoms with Crippen molar-refractivity contribution in [2.45, 2.75) is 44.7 Å². The fourth-order valence-electron chi connectivity index (χ4n) is 4.21. The summed E-state index contributed by atoms with van der Waals surface area (Å²) >= 11 is 0. The number of nitrogens with zero attached hydrogens (tertiary/aromatic N) is 3. The Hall–Kier alpha value is -2.14. The summed E-state index contributed by atoms with van der Waals surface area (Å²) in [5.41, 5.74) is 4.06. The van der Waals surface area contributed by atoms with Crippen molar-refractivity contribution in [2.75, 3.05) is 30.8 Å². The largest absolute Gasteiger partial charge is 0.366 e. The summed E-state index contributed by atoms with van der Waals surface area (Å²) in [6, 6.07) is 12.1. The molecule has 2 heterocycles. The molecule has 2 aliphatic rings. The molecule has 2 aromatic rings. The summed E-state index contributed by atoms with van der Waals surface area (Å²) in [5, 5.41) is 6.67. The molecule has 0 bridgehead atoms. The molecular formula is C20H27N5. The van der Waals surface area contributed by atoms with E-state index in [2.05, 4.69) is 49.8 Å². The molecule has 5 heteroatoms. The quantitative estimate of drug-likeness (QED) is 0.898. The fraction of sp³-hybridized carbons (Fsp3) is 0.500. The molecule has 1 aliphatic carbocycles. The molecule has 4 rings (SSSR count). The minimum absolute atomic E-state index is 0.455. The van der Waals surface area contributed by atoms with Gasteiger partial charge in [0, 0.05) is 37.4 Å². The maximum atomic E-state index is 4.55. The first-order chi connectivity index (χ1) is 12.2. The fourth-order valence-corrected chi connectivity index (χ4v) is 4.21. The number of aryl methyl sites for hydroxylation is 1. The summed E-state index contributed by atoms with van der Waals surface area (Å²) in [5.74, 6) is 1.61. The highest BCUT2D eigenvalue weighted by atomic mass is 15.2. The molecule has 2 N–H and O–H groups in total. The molecular weight excluding hydrogens is 310 g/mol. The molecule has 1 aliphatic heterocycles. The average Bonchev–Trinajstić information content (AvgIpc) is 3.05. The first-order valence-electron chi connectivity index (χ1n) is 9.32. The van der Waals surface area contributed by atoms with Crippen LogP contribution in [0.1, 0.15) is 29.7 Å². The van der Waals surface area contributed by atoms with Crippen LogP contribution in [0.15, 0.2) is 30.3 Å². The van der Waals surface area contributed by atoms with Crippen LogP contribution in [0.4, 0.5) is 11.8 Å². The topological polar surface area (TPSA) is 53.1 Å². The van der Waals surface area contributed by atoms with E-state index in [4.69, 9.17) is 0 Å². The van der Waals surface area contributed by atoms with E-state index in [0.717, 1.165) is 18.1 Å². The highest BCUT2D eigenvalue weighted by molar-refractivity contribution is 5.43. The van der Waals surface area contributed by atoms with Gasteiger partial charge in [-0.25, -0.2) is 4.98 Å². The number of benzene rings is 1. The van der Waals surface area contributed by atoms with Crippen LogP contribution in [0.25, 0.3) is 0 Å². The second-order valence-electron chi connectivity index (χ2n) is 7.28. The monoisotopic (exact) mass is 337 g/mol. The number of anilines is 2. The third-order valence-corrected chi connectivity index (χ3v) is 5.43. The Morgan fingerprint density at radius 3 is 2.60 bits per heavy atom. The third kappa shape index (κ3) is 3.61. The number of hydrogen-bond donors (Lipinski definition) is 2. The van der Waals surface area contributed by atoms with Gasteiger partial charge < -0.3 is 10.6 Å². The van der Waals surface area contributed by atoms with Crippen LogP contribution in [-0.4, -0.2) is 47.1 Å². The van der Waals surface area contributed by atoms with Crippen molar-refractivity contribution in [2.24, 2.45) is 0 Å². The molecule has 0 saturated carbocycles. The maximum Gasteiger partial charge on any atom is 0.224 e. The molecule has 132 valence electrons. The number of nitrogens with one attached hydrogen (secondary N) is 2. The number of fused-ring (bicyclic) bond motifs is 1. The average molecular weight is 337 g/mol. The standard InChI is InChI=1S/C20H27N5/c1-14-10-19(24-20(21-2)22-14)23-17-8-5-9-25(13-17)18-11-15-6-3-4-7-16(15)12-18/h3-4,6-7,10,17-18H,5,8-9,11-13H2,1-2H3,(H2,21,22,23,24)/t17-/m1/s1. The van der Waals surface area contributed by atoms with Gasteiger partial charge in [0.1, 0.15) is 5.82 Å². The molecule has 25 heavy (non-hydrogen) atoms. The van der Waals surface area contributed by atoms with Crippen molar-refractivity contribution >= 4 is 11.8 Å². The van der Waals surface area contributed by atoms with E-state index in [9.17, 15) is 0 Å². The summed E-state index contributed by atoms with van der Waals surface area (Å²) in [7, 11) is 1.86. The zero-order chi connectivity index (χ0) is 17.2. The van der Waals surface area contributed by atoms with Crippen molar-refractivity contribution in [3.05, 3.63) is 47.2 Å². The van der Waals surface area contributed by atoms with Gasteiger partial charge >= 0.3 is 0 Å². The molecule has 0 amide bonds. The van der Waals surface area contributed by atoms with Crippen LogP contribution in [0.2, 0.25) is 0 Å². The summed E-state index contributed by atoms with van der Waals surface area (Å²) < 4.78 is 0.